The predicted molar refractivity (Wildman–Crippen MR) is 78.9 cm³/mol. The molecule has 0 bridgehead atoms. The summed E-state index contributed by atoms with van der Waals surface area (Å²) in [4.78, 5) is 0. The highest BCUT2D eigenvalue weighted by Crippen LogP contribution is 2.22. The first kappa shape index (κ1) is 13.8. The van der Waals surface area contributed by atoms with Crippen LogP contribution in [0, 0.1) is 13.8 Å². The lowest BCUT2D eigenvalue weighted by Crippen LogP contribution is -2.03. The molecule has 0 unspecified atom stereocenters. The van der Waals surface area contributed by atoms with Crippen molar-refractivity contribution in [3.05, 3.63) is 53.5 Å². The van der Waals surface area contributed by atoms with E-state index >= 15 is 0 Å². The van der Waals surface area contributed by atoms with Gasteiger partial charge in [0.2, 0.25) is 11.8 Å². The molecular formula is C14H15N5OS. The second kappa shape index (κ2) is 6.09. The van der Waals surface area contributed by atoms with Gasteiger partial charge in [-0.3, -0.25) is 0 Å². The van der Waals surface area contributed by atoms with Gasteiger partial charge in [0.1, 0.15) is 5.82 Å². The van der Waals surface area contributed by atoms with Crippen molar-refractivity contribution in [1.82, 2.24) is 25.0 Å². The van der Waals surface area contributed by atoms with E-state index in [0.29, 0.717) is 17.5 Å². The highest BCUT2D eigenvalue weighted by atomic mass is 32.2. The molecule has 0 spiro atoms. The van der Waals surface area contributed by atoms with Crippen molar-refractivity contribution in [3.63, 3.8) is 0 Å². The minimum Gasteiger partial charge on any atom is -0.425 e. The van der Waals surface area contributed by atoms with Crippen molar-refractivity contribution >= 4 is 11.8 Å². The number of hydrogen-bond acceptors (Lipinski definition) is 6. The van der Waals surface area contributed by atoms with Gasteiger partial charge in [-0.2, -0.15) is 0 Å². The van der Waals surface area contributed by atoms with Gasteiger partial charge in [-0.15, -0.1) is 20.4 Å². The van der Waals surface area contributed by atoms with Gasteiger partial charge < -0.3 is 8.98 Å². The second-order valence-corrected chi connectivity index (χ2v) is 5.55. The van der Waals surface area contributed by atoms with Crippen LogP contribution in [0.25, 0.3) is 0 Å². The third-order valence-electron chi connectivity index (χ3n) is 2.98. The molecule has 0 aliphatic rings. The third kappa shape index (κ3) is 3.30. The topological polar surface area (TPSA) is 69.6 Å². The van der Waals surface area contributed by atoms with Gasteiger partial charge in [0.25, 0.3) is 0 Å². The van der Waals surface area contributed by atoms with Crippen molar-refractivity contribution in [2.24, 2.45) is 0 Å². The fourth-order valence-electron chi connectivity index (χ4n) is 1.94. The SMILES string of the molecule is Cc1nnc(CSc2nnc(C)n2Cc2ccccc2)o1. The molecular weight excluding hydrogens is 286 g/mol. The summed E-state index contributed by atoms with van der Waals surface area (Å²) in [5, 5.41) is 17.0. The maximum Gasteiger partial charge on any atom is 0.226 e. The Bertz CT molecular complexity index is 722. The molecule has 1 aromatic carbocycles. The van der Waals surface area contributed by atoms with Crippen LogP contribution in [-0.4, -0.2) is 25.0 Å². The molecule has 2 heterocycles. The third-order valence-corrected chi connectivity index (χ3v) is 3.93. The maximum atomic E-state index is 5.37. The summed E-state index contributed by atoms with van der Waals surface area (Å²) in [7, 11) is 0. The molecule has 0 aliphatic heterocycles. The zero-order valence-corrected chi connectivity index (χ0v) is 12.7. The fraction of sp³-hybridized carbons (Fsp3) is 0.286. The van der Waals surface area contributed by atoms with Crippen molar-refractivity contribution in [2.75, 3.05) is 0 Å². The molecule has 108 valence electrons. The minimum absolute atomic E-state index is 0.576. The van der Waals surface area contributed by atoms with Crippen molar-refractivity contribution < 1.29 is 4.42 Å². The maximum absolute atomic E-state index is 5.37. The molecule has 0 N–H and O–H groups in total. The van der Waals surface area contributed by atoms with Gasteiger partial charge in [-0.05, 0) is 12.5 Å². The fourth-order valence-corrected chi connectivity index (χ4v) is 2.76. The van der Waals surface area contributed by atoms with Gasteiger partial charge in [-0.1, -0.05) is 42.1 Å². The van der Waals surface area contributed by atoms with Crippen LogP contribution >= 0.6 is 11.8 Å². The first-order valence-corrected chi connectivity index (χ1v) is 7.56. The molecule has 3 aromatic rings. The van der Waals surface area contributed by atoms with Crippen molar-refractivity contribution in [1.29, 1.82) is 0 Å². The number of aryl methyl sites for hydroxylation is 2. The Morgan fingerprint density at radius 1 is 1.05 bits per heavy atom. The Labute approximate surface area is 126 Å². The van der Waals surface area contributed by atoms with Crippen molar-refractivity contribution in [2.45, 2.75) is 31.3 Å². The van der Waals surface area contributed by atoms with Crippen LogP contribution in [0.1, 0.15) is 23.2 Å². The normalized spacial score (nSPS) is 11.0. The highest BCUT2D eigenvalue weighted by molar-refractivity contribution is 7.98. The quantitative estimate of drug-likeness (QED) is 0.675. The number of thioether (sulfide) groups is 1. The molecule has 0 amide bonds. The van der Waals surface area contributed by atoms with Crippen LogP contribution in [0.5, 0.6) is 0 Å². The Morgan fingerprint density at radius 2 is 1.86 bits per heavy atom. The lowest BCUT2D eigenvalue weighted by Gasteiger charge is -2.07. The first-order chi connectivity index (χ1) is 10.2. The molecule has 7 heteroatoms. The minimum atomic E-state index is 0.576. The van der Waals surface area contributed by atoms with E-state index in [1.54, 1.807) is 18.7 Å². The summed E-state index contributed by atoms with van der Waals surface area (Å²) in [5.74, 6) is 2.66. The zero-order chi connectivity index (χ0) is 14.7. The molecule has 2 aromatic heterocycles. The van der Waals surface area contributed by atoms with E-state index in [-0.39, 0.29) is 0 Å². The smallest absolute Gasteiger partial charge is 0.226 e. The lowest BCUT2D eigenvalue weighted by molar-refractivity contribution is 0.485. The van der Waals surface area contributed by atoms with Crippen LogP contribution in [0.3, 0.4) is 0 Å². The van der Waals surface area contributed by atoms with Crippen LogP contribution < -0.4 is 0 Å². The molecule has 0 saturated heterocycles. The number of nitrogens with zero attached hydrogens (tertiary/aromatic N) is 5. The Kier molecular flexibility index (Phi) is 4.01. The van der Waals surface area contributed by atoms with Crippen LogP contribution in [0.15, 0.2) is 39.9 Å². The average Bonchev–Trinajstić information content (AvgIpc) is 3.06. The van der Waals surface area contributed by atoms with Gasteiger partial charge in [0.15, 0.2) is 5.16 Å². The molecule has 0 aliphatic carbocycles. The number of benzene rings is 1. The molecule has 6 nitrogen and oxygen atoms in total. The van der Waals surface area contributed by atoms with Crippen LogP contribution in [0.2, 0.25) is 0 Å². The summed E-state index contributed by atoms with van der Waals surface area (Å²) in [5.41, 5.74) is 1.22. The van der Waals surface area contributed by atoms with E-state index in [4.69, 9.17) is 4.42 Å². The lowest BCUT2D eigenvalue weighted by atomic mass is 10.2. The molecule has 3 rings (SSSR count). The van der Waals surface area contributed by atoms with Gasteiger partial charge in [-0.25, -0.2) is 0 Å². The Balaban J connectivity index is 1.74. The van der Waals surface area contributed by atoms with Crippen LogP contribution in [-0.2, 0) is 12.3 Å². The summed E-state index contributed by atoms with van der Waals surface area (Å²) >= 11 is 1.55. The summed E-state index contributed by atoms with van der Waals surface area (Å²) < 4.78 is 7.46. The Hall–Kier alpha value is -2.15. The molecule has 0 fully saturated rings. The van der Waals surface area contributed by atoms with Gasteiger partial charge >= 0.3 is 0 Å². The molecule has 0 radical (unpaired) electrons. The summed E-state index contributed by atoms with van der Waals surface area (Å²) in [6.07, 6.45) is 0. The molecule has 0 atom stereocenters. The average molecular weight is 301 g/mol. The second-order valence-electron chi connectivity index (χ2n) is 4.61. The zero-order valence-electron chi connectivity index (χ0n) is 11.9. The van der Waals surface area contributed by atoms with E-state index in [0.717, 1.165) is 17.5 Å². The number of rotatable bonds is 5. The van der Waals surface area contributed by atoms with E-state index in [9.17, 15) is 0 Å². The van der Waals surface area contributed by atoms with E-state index < -0.39 is 0 Å². The largest absolute Gasteiger partial charge is 0.425 e. The Morgan fingerprint density at radius 3 is 2.57 bits per heavy atom. The van der Waals surface area contributed by atoms with E-state index in [2.05, 4.69) is 37.1 Å². The molecule has 0 saturated carbocycles. The summed E-state index contributed by atoms with van der Waals surface area (Å²) in [6.45, 7) is 4.49. The van der Waals surface area contributed by atoms with Crippen molar-refractivity contribution in [3.8, 4) is 0 Å². The number of aromatic nitrogens is 5. The summed E-state index contributed by atoms with van der Waals surface area (Å²) in [6, 6.07) is 10.3. The van der Waals surface area contributed by atoms with E-state index in [1.165, 1.54) is 5.56 Å². The van der Waals surface area contributed by atoms with Crippen LogP contribution in [0.4, 0.5) is 0 Å². The monoisotopic (exact) mass is 301 g/mol. The standard InChI is InChI=1S/C14H15N5OS/c1-10-15-18-14(21-9-13-17-16-11(2)20-13)19(10)8-12-6-4-3-5-7-12/h3-7H,8-9H2,1-2H3. The first-order valence-electron chi connectivity index (χ1n) is 6.58. The number of hydrogen-bond donors (Lipinski definition) is 0. The molecule has 21 heavy (non-hydrogen) atoms. The highest BCUT2D eigenvalue weighted by Gasteiger charge is 2.12. The van der Waals surface area contributed by atoms with Gasteiger partial charge in [0.05, 0.1) is 12.3 Å². The van der Waals surface area contributed by atoms with E-state index in [1.807, 2.05) is 25.1 Å². The van der Waals surface area contributed by atoms with Gasteiger partial charge in [0, 0.05) is 6.92 Å². The predicted octanol–water partition coefficient (Wildman–Crippen LogP) is 2.62.